The van der Waals surface area contributed by atoms with E-state index >= 15 is 0 Å². The molecule has 0 saturated heterocycles. The van der Waals surface area contributed by atoms with Crippen molar-refractivity contribution < 1.29 is 9.90 Å². The third kappa shape index (κ3) is 3.24. The second-order valence-electron chi connectivity index (χ2n) is 6.02. The highest BCUT2D eigenvalue weighted by atomic mass is 16.4. The second-order valence-corrected chi connectivity index (χ2v) is 6.02. The first-order valence-electron chi connectivity index (χ1n) is 8.17. The number of nitrogens with zero attached hydrogens (tertiary/aromatic N) is 4. The fourth-order valence-electron chi connectivity index (χ4n) is 2.96. The van der Waals surface area contributed by atoms with Crippen LogP contribution in [-0.2, 0) is 11.8 Å². The van der Waals surface area contributed by atoms with Gasteiger partial charge in [-0.3, -0.25) is 4.99 Å². The van der Waals surface area contributed by atoms with Crippen molar-refractivity contribution >= 4 is 17.4 Å². The van der Waals surface area contributed by atoms with E-state index < -0.39 is 5.97 Å². The number of aliphatic imine (C=N–C) groups is 1. The maximum Gasteiger partial charge on any atom is 0.354 e. The van der Waals surface area contributed by atoms with Gasteiger partial charge in [-0.15, -0.1) is 0 Å². The second kappa shape index (κ2) is 6.91. The first kappa shape index (κ1) is 18.1. The number of hydrogen-bond acceptors (Lipinski definition) is 5. The normalized spacial score (nSPS) is 11.6. The van der Waals surface area contributed by atoms with Gasteiger partial charge in [0.1, 0.15) is 5.82 Å². The summed E-state index contributed by atoms with van der Waals surface area (Å²) in [6.45, 7) is 1.76. The van der Waals surface area contributed by atoms with Crippen molar-refractivity contribution in [3.63, 3.8) is 0 Å². The Bertz CT molecular complexity index is 1110. The quantitative estimate of drug-likeness (QED) is 0.538. The lowest BCUT2D eigenvalue weighted by Gasteiger charge is -2.10. The SMILES string of the molecule is CN=C(C(=O)O)c1cc(-c2ccc(-n3c(C)nn(C)c3=O)cc2)ccc1N. The molecule has 0 radical (unpaired) electrons. The molecule has 3 rings (SSSR count). The van der Waals surface area contributed by atoms with Crippen molar-refractivity contribution in [3.8, 4) is 16.8 Å². The van der Waals surface area contributed by atoms with Gasteiger partial charge >= 0.3 is 11.7 Å². The minimum atomic E-state index is -1.14. The number of aromatic nitrogens is 3. The Kier molecular flexibility index (Phi) is 4.64. The molecule has 0 aliphatic rings. The zero-order chi connectivity index (χ0) is 19.7. The predicted molar refractivity (Wildman–Crippen MR) is 103 cm³/mol. The first-order valence-corrected chi connectivity index (χ1v) is 8.17. The number of benzene rings is 2. The average Bonchev–Trinajstić information content (AvgIpc) is 2.89. The molecule has 0 spiro atoms. The lowest BCUT2D eigenvalue weighted by atomic mass is 9.99. The molecule has 0 bridgehead atoms. The largest absolute Gasteiger partial charge is 0.477 e. The van der Waals surface area contributed by atoms with E-state index in [4.69, 9.17) is 5.73 Å². The lowest BCUT2D eigenvalue weighted by molar-refractivity contribution is -0.129. The monoisotopic (exact) mass is 365 g/mol. The fourth-order valence-corrected chi connectivity index (χ4v) is 2.96. The number of aliphatic carboxylic acids is 1. The molecule has 27 heavy (non-hydrogen) atoms. The van der Waals surface area contributed by atoms with Crippen molar-refractivity contribution in [2.75, 3.05) is 12.8 Å². The van der Waals surface area contributed by atoms with E-state index in [0.717, 1.165) is 11.1 Å². The average molecular weight is 365 g/mol. The van der Waals surface area contributed by atoms with Crippen LogP contribution in [0.5, 0.6) is 0 Å². The number of carboxylic acid groups (broad SMARTS) is 1. The van der Waals surface area contributed by atoms with Crippen LogP contribution in [0.25, 0.3) is 16.8 Å². The molecule has 0 atom stereocenters. The van der Waals surface area contributed by atoms with Gasteiger partial charge in [-0.2, -0.15) is 5.10 Å². The van der Waals surface area contributed by atoms with Gasteiger partial charge in [-0.1, -0.05) is 18.2 Å². The highest BCUT2D eigenvalue weighted by Gasteiger charge is 2.16. The van der Waals surface area contributed by atoms with Crippen LogP contribution < -0.4 is 11.4 Å². The van der Waals surface area contributed by atoms with E-state index in [1.807, 2.05) is 30.3 Å². The van der Waals surface area contributed by atoms with E-state index in [2.05, 4.69) is 10.1 Å². The third-order valence-corrected chi connectivity index (χ3v) is 4.28. The zero-order valence-corrected chi connectivity index (χ0v) is 15.2. The molecule has 0 unspecified atom stereocenters. The minimum Gasteiger partial charge on any atom is -0.477 e. The first-order chi connectivity index (χ1) is 12.8. The Morgan fingerprint density at radius 3 is 2.30 bits per heavy atom. The van der Waals surface area contributed by atoms with Crippen LogP contribution in [0, 0.1) is 6.92 Å². The summed E-state index contributed by atoms with van der Waals surface area (Å²) in [5.74, 6) is -0.543. The number of aryl methyl sites for hydroxylation is 2. The fraction of sp³-hybridized carbons (Fsp3) is 0.158. The van der Waals surface area contributed by atoms with Crippen LogP contribution in [0.15, 0.2) is 52.3 Å². The van der Waals surface area contributed by atoms with Gasteiger partial charge in [-0.25, -0.2) is 18.8 Å². The molecular formula is C19H19N5O3. The maximum absolute atomic E-state index is 12.2. The summed E-state index contributed by atoms with van der Waals surface area (Å²) >= 11 is 0. The van der Waals surface area contributed by atoms with Gasteiger partial charge in [0, 0.05) is 25.3 Å². The Morgan fingerprint density at radius 2 is 1.78 bits per heavy atom. The number of rotatable bonds is 4. The van der Waals surface area contributed by atoms with E-state index in [0.29, 0.717) is 22.8 Å². The van der Waals surface area contributed by atoms with Crippen LogP contribution in [0.3, 0.4) is 0 Å². The summed E-state index contributed by atoms with van der Waals surface area (Å²) in [5, 5.41) is 13.4. The summed E-state index contributed by atoms with van der Waals surface area (Å²) in [4.78, 5) is 27.4. The molecule has 8 nitrogen and oxygen atoms in total. The van der Waals surface area contributed by atoms with E-state index in [-0.39, 0.29) is 11.4 Å². The molecule has 8 heteroatoms. The number of carbonyl (C=O) groups is 1. The van der Waals surface area contributed by atoms with Crippen molar-refractivity contribution in [1.29, 1.82) is 0 Å². The van der Waals surface area contributed by atoms with E-state index in [1.165, 1.54) is 16.3 Å². The zero-order valence-electron chi connectivity index (χ0n) is 15.2. The standard InChI is InChI=1S/C19H19N5O3/c1-11-22-23(3)19(27)24(11)14-7-4-12(5-8-14)13-6-9-16(20)15(10-13)17(21-2)18(25)26/h4-10H,20H2,1-3H3,(H,25,26). The van der Waals surface area contributed by atoms with Gasteiger partial charge in [0.25, 0.3) is 0 Å². The Hall–Kier alpha value is -3.68. The van der Waals surface area contributed by atoms with Gasteiger partial charge < -0.3 is 10.8 Å². The summed E-state index contributed by atoms with van der Waals surface area (Å²) < 4.78 is 2.80. The molecule has 0 amide bonds. The van der Waals surface area contributed by atoms with E-state index in [9.17, 15) is 14.7 Å². The van der Waals surface area contributed by atoms with Crippen LogP contribution in [0.1, 0.15) is 11.4 Å². The molecule has 0 saturated carbocycles. The summed E-state index contributed by atoms with van der Waals surface area (Å²) in [6.07, 6.45) is 0. The van der Waals surface area contributed by atoms with Crippen molar-refractivity contribution in [2.45, 2.75) is 6.92 Å². The molecular weight excluding hydrogens is 346 g/mol. The Balaban J connectivity index is 2.03. The Morgan fingerprint density at radius 1 is 1.15 bits per heavy atom. The molecule has 1 aromatic heterocycles. The Labute approximate surface area is 155 Å². The maximum atomic E-state index is 12.2. The van der Waals surface area contributed by atoms with Crippen LogP contribution in [0.2, 0.25) is 0 Å². The summed E-state index contributed by atoms with van der Waals surface area (Å²) in [5.41, 5.74) is 8.67. The van der Waals surface area contributed by atoms with Gasteiger partial charge in [0.2, 0.25) is 0 Å². The summed E-state index contributed by atoms with van der Waals surface area (Å²) in [6, 6.07) is 12.5. The number of nitrogens with two attached hydrogens (primary N) is 1. The van der Waals surface area contributed by atoms with Crippen LogP contribution in [0.4, 0.5) is 5.69 Å². The topological polar surface area (TPSA) is 115 Å². The van der Waals surface area contributed by atoms with Crippen molar-refractivity contribution in [2.24, 2.45) is 12.0 Å². The molecule has 0 aliphatic heterocycles. The molecule has 0 aliphatic carbocycles. The lowest BCUT2D eigenvalue weighted by Crippen LogP contribution is -2.21. The molecule has 1 heterocycles. The molecule has 0 fully saturated rings. The smallest absolute Gasteiger partial charge is 0.354 e. The van der Waals surface area contributed by atoms with Gasteiger partial charge in [0.15, 0.2) is 5.71 Å². The number of carboxylic acids is 1. The van der Waals surface area contributed by atoms with Gasteiger partial charge in [0.05, 0.1) is 5.69 Å². The minimum absolute atomic E-state index is 0.0940. The molecule has 3 N–H and O–H groups in total. The predicted octanol–water partition coefficient (Wildman–Crippen LogP) is 1.63. The molecule has 138 valence electrons. The number of hydrogen-bond donors (Lipinski definition) is 2. The molecule has 3 aromatic rings. The van der Waals surface area contributed by atoms with Crippen molar-refractivity contribution in [1.82, 2.24) is 14.3 Å². The third-order valence-electron chi connectivity index (χ3n) is 4.28. The number of nitrogen functional groups attached to an aromatic ring is 1. The van der Waals surface area contributed by atoms with E-state index in [1.54, 1.807) is 26.1 Å². The molecule has 2 aromatic carbocycles. The van der Waals surface area contributed by atoms with Crippen molar-refractivity contribution in [3.05, 3.63) is 64.3 Å². The summed E-state index contributed by atoms with van der Waals surface area (Å²) in [7, 11) is 3.02. The number of anilines is 1. The highest BCUT2D eigenvalue weighted by molar-refractivity contribution is 6.43. The van der Waals surface area contributed by atoms with Crippen LogP contribution >= 0.6 is 0 Å². The van der Waals surface area contributed by atoms with Crippen LogP contribution in [-0.4, -0.2) is 38.2 Å². The highest BCUT2D eigenvalue weighted by Crippen LogP contribution is 2.25. The van der Waals surface area contributed by atoms with Gasteiger partial charge in [-0.05, 0) is 42.3 Å².